The highest BCUT2D eigenvalue weighted by Crippen LogP contribution is 2.45. The first kappa shape index (κ1) is 24.6. The molecule has 0 saturated heterocycles. The second-order valence-corrected chi connectivity index (χ2v) is 11.5. The van der Waals surface area contributed by atoms with Gasteiger partial charge >= 0.3 is 5.97 Å². The monoisotopic (exact) mass is 472 g/mol. The van der Waals surface area contributed by atoms with E-state index in [9.17, 15) is 4.79 Å². The van der Waals surface area contributed by atoms with Gasteiger partial charge in [-0.15, -0.1) is 11.8 Å². The first-order chi connectivity index (χ1) is 16.3. The van der Waals surface area contributed by atoms with Crippen molar-refractivity contribution in [3.63, 3.8) is 0 Å². The summed E-state index contributed by atoms with van der Waals surface area (Å²) in [4.78, 5) is 14.8. The third-order valence-corrected chi connectivity index (χ3v) is 8.60. The second-order valence-electron chi connectivity index (χ2n) is 10.3. The summed E-state index contributed by atoms with van der Waals surface area (Å²) in [5.74, 6) is 0.710. The minimum Gasteiger partial charge on any atom is -0.461 e. The molecule has 0 aliphatic heterocycles. The van der Waals surface area contributed by atoms with Crippen LogP contribution < -0.4 is 0 Å². The van der Waals surface area contributed by atoms with Crippen molar-refractivity contribution in [1.82, 2.24) is 0 Å². The fourth-order valence-electron chi connectivity index (χ4n) is 5.21. The molecule has 0 amide bonds. The van der Waals surface area contributed by atoms with E-state index >= 15 is 0 Å². The van der Waals surface area contributed by atoms with E-state index in [0.29, 0.717) is 5.92 Å². The molecule has 4 atom stereocenters. The summed E-state index contributed by atoms with van der Waals surface area (Å²) >= 11 is 1.58. The van der Waals surface area contributed by atoms with Gasteiger partial charge in [-0.05, 0) is 54.4 Å². The minimum absolute atomic E-state index is 0.0712. The van der Waals surface area contributed by atoms with Crippen LogP contribution in [0.3, 0.4) is 0 Å². The van der Waals surface area contributed by atoms with Gasteiger partial charge < -0.3 is 4.74 Å². The lowest BCUT2D eigenvalue weighted by Gasteiger charge is -2.44. The first-order valence-electron chi connectivity index (χ1n) is 12.4. The van der Waals surface area contributed by atoms with E-state index < -0.39 is 0 Å². The maximum absolute atomic E-state index is 13.8. The summed E-state index contributed by atoms with van der Waals surface area (Å²) in [6.45, 7) is 8.96. The Hall–Kier alpha value is -2.52. The molecule has 1 aliphatic rings. The van der Waals surface area contributed by atoms with Crippen LogP contribution in [0, 0.1) is 18.8 Å². The molecule has 1 saturated carbocycles. The summed E-state index contributed by atoms with van der Waals surface area (Å²) in [5.41, 5.74) is 3.42. The highest BCUT2D eigenvalue weighted by molar-refractivity contribution is 8.00. The molecule has 0 spiro atoms. The number of carbonyl (C=O) groups excluding carboxylic acids is 1. The zero-order valence-corrected chi connectivity index (χ0v) is 21.6. The van der Waals surface area contributed by atoms with Gasteiger partial charge in [0.25, 0.3) is 0 Å². The van der Waals surface area contributed by atoms with Crippen molar-refractivity contribution < 1.29 is 9.53 Å². The van der Waals surface area contributed by atoms with Crippen molar-refractivity contribution in [3.8, 4) is 0 Å². The second kappa shape index (κ2) is 10.8. The maximum Gasteiger partial charge on any atom is 0.324 e. The standard InChI is InChI=1S/C31H36O2S/c1-22-15-18-24(19-16-22)29(34-26-13-9-6-10-14-26)30(32)33-28-21-23(2)17-20-27(28)31(3,4)25-11-7-5-8-12-25/h5-16,18-19,23,27-29H,17,20-21H2,1-4H3/t23-,27-,28-,29?/m1/s1. The molecule has 0 bridgehead atoms. The van der Waals surface area contributed by atoms with Crippen LogP contribution in [0.15, 0.2) is 89.8 Å². The number of rotatable bonds is 7. The van der Waals surface area contributed by atoms with E-state index in [-0.39, 0.29) is 28.7 Å². The number of hydrogen-bond acceptors (Lipinski definition) is 3. The van der Waals surface area contributed by atoms with Crippen molar-refractivity contribution in [2.45, 2.75) is 68.6 Å². The first-order valence-corrected chi connectivity index (χ1v) is 13.3. The predicted octanol–water partition coefficient (Wildman–Crippen LogP) is 8.15. The number of aryl methyl sites for hydroxylation is 1. The Labute approximate surface area is 209 Å². The Morgan fingerprint density at radius 1 is 0.912 bits per heavy atom. The lowest BCUT2D eigenvalue weighted by atomic mass is 9.64. The van der Waals surface area contributed by atoms with Crippen LogP contribution in [0.5, 0.6) is 0 Å². The molecule has 178 valence electrons. The lowest BCUT2D eigenvalue weighted by molar-refractivity contribution is -0.156. The Morgan fingerprint density at radius 3 is 2.18 bits per heavy atom. The van der Waals surface area contributed by atoms with Gasteiger partial charge in [-0.2, -0.15) is 0 Å². The minimum atomic E-state index is -0.388. The van der Waals surface area contributed by atoms with Crippen molar-refractivity contribution in [3.05, 3.63) is 102 Å². The molecule has 4 rings (SSSR count). The molecule has 2 nitrogen and oxygen atoms in total. The topological polar surface area (TPSA) is 26.3 Å². The average molecular weight is 473 g/mol. The van der Waals surface area contributed by atoms with Crippen LogP contribution in [-0.2, 0) is 14.9 Å². The Balaban J connectivity index is 1.60. The molecule has 34 heavy (non-hydrogen) atoms. The third-order valence-electron chi connectivity index (χ3n) is 7.36. The molecule has 0 aromatic heterocycles. The SMILES string of the molecule is Cc1ccc(C(Sc2ccccc2)C(=O)O[C@@H]2C[C@H](C)CC[C@H]2C(C)(C)c2ccccc2)cc1. The third kappa shape index (κ3) is 5.75. The molecule has 0 radical (unpaired) electrons. The molecule has 0 N–H and O–H groups in total. The molecule has 3 heteroatoms. The Morgan fingerprint density at radius 2 is 1.53 bits per heavy atom. The van der Waals surface area contributed by atoms with Crippen LogP contribution >= 0.6 is 11.8 Å². The molecule has 1 aliphatic carbocycles. The van der Waals surface area contributed by atoms with Gasteiger partial charge in [0.15, 0.2) is 0 Å². The largest absolute Gasteiger partial charge is 0.461 e. The van der Waals surface area contributed by atoms with E-state index in [2.05, 4.69) is 94.4 Å². The normalized spacial score (nSPS) is 21.6. The summed E-state index contributed by atoms with van der Waals surface area (Å²) in [6.07, 6.45) is 3.08. The number of hydrogen-bond donors (Lipinski definition) is 0. The zero-order chi connectivity index (χ0) is 24.1. The Bertz CT molecular complexity index is 1060. The van der Waals surface area contributed by atoms with Crippen molar-refractivity contribution in [2.75, 3.05) is 0 Å². The molecule has 0 heterocycles. The number of ether oxygens (including phenoxy) is 1. The van der Waals surface area contributed by atoms with Gasteiger partial charge in [-0.25, -0.2) is 0 Å². The van der Waals surface area contributed by atoms with Gasteiger partial charge in [0, 0.05) is 10.8 Å². The van der Waals surface area contributed by atoms with Crippen molar-refractivity contribution in [1.29, 1.82) is 0 Å². The van der Waals surface area contributed by atoms with Crippen LogP contribution in [0.1, 0.15) is 62.0 Å². The molecule has 1 unspecified atom stereocenters. The molecule has 3 aromatic carbocycles. The van der Waals surface area contributed by atoms with Gasteiger partial charge in [-0.1, -0.05) is 106 Å². The summed E-state index contributed by atoms with van der Waals surface area (Å²) in [6, 6.07) is 29.1. The summed E-state index contributed by atoms with van der Waals surface area (Å²) < 4.78 is 6.44. The van der Waals surface area contributed by atoms with Gasteiger partial charge in [0.1, 0.15) is 11.4 Å². The highest BCUT2D eigenvalue weighted by atomic mass is 32.2. The summed E-state index contributed by atoms with van der Waals surface area (Å²) in [5, 5.41) is -0.388. The molecular formula is C31H36O2S. The highest BCUT2D eigenvalue weighted by Gasteiger charge is 2.42. The van der Waals surface area contributed by atoms with Gasteiger partial charge in [0.05, 0.1) is 0 Å². The van der Waals surface area contributed by atoms with E-state index in [1.807, 2.05) is 18.2 Å². The maximum atomic E-state index is 13.8. The van der Waals surface area contributed by atoms with Crippen LogP contribution in [0.2, 0.25) is 0 Å². The van der Waals surface area contributed by atoms with E-state index in [1.54, 1.807) is 11.8 Å². The average Bonchev–Trinajstić information content (AvgIpc) is 2.84. The van der Waals surface area contributed by atoms with Crippen molar-refractivity contribution >= 4 is 17.7 Å². The number of carbonyl (C=O) groups is 1. The number of esters is 1. The van der Waals surface area contributed by atoms with Gasteiger partial charge in [0.2, 0.25) is 0 Å². The zero-order valence-electron chi connectivity index (χ0n) is 20.7. The fourth-order valence-corrected chi connectivity index (χ4v) is 6.24. The predicted molar refractivity (Wildman–Crippen MR) is 142 cm³/mol. The van der Waals surface area contributed by atoms with E-state index in [1.165, 1.54) is 17.5 Å². The van der Waals surface area contributed by atoms with Gasteiger partial charge in [-0.3, -0.25) is 4.79 Å². The van der Waals surface area contributed by atoms with E-state index in [4.69, 9.17) is 4.74 Å². The molecule has 3 aromatic rings. The molecular weight excluding hydrogens is 436 g/mol. The van der Waals surface area contributed by atoms with E-state index in [0.717, 1.165) is 23.3 Å². The van der Waals surface area contributed by atoms with Crippen LogP contribution in [0.4, 0.5) is 0 Å². The quantitative estimate of drug-likeness (QED) is 0.256. The number of benzene rings is 3. The summed E-state index contributed by atoms with van der Waals surface area (Å²) in [7, 11) is 0. The lowest BCUT2D eigenvalue weighted by Crippen LogP contribution is -2.44. The van der Waals surface area contributed by atoms with Crippen LogP contribution in [-0.4, -0.2) is 12.1 Å². The molecule has 1 fully saturated rings. The van der Waals surface area contributed by atoms with Crippen LogP contribution in [0.25, 0.3) is 0 Å². The Kier molecular flexibility index (Phi) is 7.83. The van der Waals surface area contributed by atoms with Crippen molar-refractivity contribution in [2.24, 2.45) is 11.8 Å². The smallest absolute Gasteiger partial charge is 0.324 e. The fraction of sp³-hybridized carbons (Fsp3) is 0.387. The number of thioether (sulfide) groups is 1.